The normalized spacial score (nSPS) is 12.1. The van der Waals surface area contributed by atoms with Crippen molar-refractivity contribution in [2.24, 2.45) is 0 Å². The highest BCUT2D eigenvalue weighted by molar-refractivity contribution is 6.35. The number of rotatable bonds is 2. The zero-order valence-corrected chi connectivity index (χ0v) is 21.4. The van der Waals surface area contributed by atoms with Crippen molar-refractivity contribution < 1.29 is 13.2 Å². The van der Waals surface area contributed by atoms with Gasteiger partial charge in [-0.05, 0) is 72.6 Å². The highest BCUT2D eigenvalue weighted by Crippen LogP contribution is 2.40. The first-order valence-corrected chi connectivity index (χ1v) is 13.0. The third-order valence-electron chi connectivity index (χ3n) is 7.54. The van der Waals surface area contributed by atoms with Crippen LogP contribution in [0.25, 0.3) is 66.3 Å². The molecule has 0 bridgehead atoms. The van der Waals surface area contributed by atoms with Gasteiger partial charge in [0.05, 0.1) is 27.3 Å². The van der Waals surface area contributed by atoms with Crippen LogP contribution in [0.3, 0.4) is 0 Å². The first kappa shape index (κ1) is 22.4. The first-order chi connectivity index (χ1) is 19.0. The second-order valence-electron chi connectivity index (χ2n) is 9.94. The molecule has 3 aromatic heterocycles. The zero-order chi connectivity index (χ0) is 26.4. The van der Waals surface area contributed by atoms with Crippen LogP contribution >= 0.6 is 11.6 Å². The number of aryl methyl sites for hydroxylation is 1. The SMILES string of the molecule is Cc1cc(-c2ccc3oc4ccccc4c3c2)c(Cl)c(-n2c3ccccc3n3c4cc(F)c(F)cc4cc23)c1. The molecule has 0 amide bonds. The second-order valence-corrected chi connectivity index (χ2v) is 10.3. The molecule has 0 saturated carbocycles. The largest absolute Gasteiger partial charge is 0.456 e. The number of imidazole rings is 1. The summed E-state index contributed by atoms with van der Waals surface area (Å²) in [4.78, 5) is 0. The van der Waals surface area contributed by atoms with E-state index in [1.54, 1.807) is 0 Å². The fourth-order valence-corrected chi connectivity index (χ4v) is 6.14. The van der Waals surface area contributed by atoms with Crippen LogP contribution < -0.4 is 0 Å². The minimum absolute atomic E-state index is 0.582. The van der Waals surface area contributed by atoms with E-state index in [0.717, 1.165) is 61.0 Å². The van der Waals surface area contributed by atoms with E-state index in [0.29, 0.717) is 15.9 Å². The maximum Gasteiger partial charge on any atom is 0.160 e. The predicted molar refractivity (Wildman–Crippen MR) is 154 cm³/mol. The Hall–Kier alpha value is -4.61. The summed E-state index contributed by atoms with van der Waals surface area (Å²) >= 11 is 7.23. The Labute approximate surface area is 226 Å². The standard InChI is InChI=1S/C33H19ClF2N2O/c1-18-12-22(19-10-11-31-23(14-19)21-6-2-5-9-30(21)39-31)33(34)29(13-18)38-27-8-4-3-7-26(27)37-28-17-25(36)24(35)15-20(28)16-32(37)38/h2-17H,1H3. The molecule has 3 heterocycles. The van der Waals surface area contributed by atoms with Crippen LogP contribution in [0.2, 0.25) is 5.02 Å². The van der Waals surface area contributed by atoms with Gasteiger partial charge in [-0.1, -0.05) is 48.0 Å². The minimum Gasteiger partial charge on any atom is -0.456 e. The molecule has 39 heavy (non-hydrogen) atoms. The molecule has 0 atom stereocenters. The summed E-state index contributed by atoms with van der Waals surface area (Å²) < 4.78 is 38.5. The molecule has 8 aromatic rings. The Morgan fingerprint density at radius 2 is 1.44 bits per heavy atom. The van der Waals surface area contributed by atoms with Crippen LogP contribution in [-0.4, -0.2) is 8.97 Å². The lowest BCUT2D eigenvalue weighted by Crippen LogP contribution is -1.98. The Morgan fingerprint density at radius 1 is 0.692 bits per heavy atom. The monoisotopic (exact) mass is 532 g/mol. The van der Waals surface area contributed by atoms with Crippen molar-refractivity contribution in [2.45, 2.75) is 6.92 Å². The predicted octanol–water partition coefficient (Wildman–Crippen LogP) is 9.84. The van der Waals surface area contributed by atoms with Gasteiger partial charge in [-0.15, -0.1) is 0 Å². The van der Waals surface area contributed by atoms with Crippen molar-refractivity contribution in [3.8, 4) is 16.8 Å². The molecule has 6 heteroatoms. The van der Waals surface area contributed by atoms with Gasteiger partial charge in [-0.3, -0.25) is 8.97 Å². The number of halogens is 3. The number of para-hydroxylation sites is 3. The van der Waals surface area contributed by atoms with E-state index in [1.165, 1.54) is 12.1 Å². The molecule has 0 unspecified atom stereocenters. The van der Waals surface area contributed by atoms with E-state index in [1.807, 2.05) is 78.1 Å². The van der Waals surface area contributed by atoms with Gasteiger partial charge in [0.2, 0.25) is 0 Å². The van der Waals surface area contributed by atoms with Crippen molar-refractivity contribution in [3.63, 3.8) is 0 Å². The molecule has 8 rings (SSSR count). The first-order valence-electron chi connectivity index (χ1n) is 12.6. The highest BCUT2D eigenvalue weighted by Gasteiger charge is 2.21. The smallest absolute Gasteiger partial charge is 0.160 e. The van der Waals surface area contributed by atoms with E-state index in [2.05, 4.69) is 22.8 Å². The van der Waals surface area contributed by atoms with Gasteiger partial charge in [0, 0.05) is 27.8 Å². The van der Waals surface area contributed by atoms with Gasteiger partial charge in [0.25, 0.3) is 0 Å². The maximum atomic E-state index is 14.3. The third-order valence-corrected chi connectivity index (χ3v) is 7.94. The summed E-state index contributed by atoms with van der Waals surface area (Å²) in [5.41, 5.74) is 8.50. The molecular weight excluding hydrogens is 514 g/mol. The number of benzene rings is 5. The summed E-state index contributed by atoms with van der Waals surface area (Å²) in [5.74, 6) is -1.75. The molecule has 188 valence electrons. The maximum absolute atomic E-state index is 14.3. The third kappa shape index (κ3) is 3.14. The molecular formula is C33H19ClF2N2O. The van der Waals surface area contributed by atoms with E-state index in [9.17, 15) is 8.78 Å². The van der Waals surface area contributed by atoms with Crippen LogP contribution in [0.4, 0.5) is 8.78 Å². The van der Waals surface area contributed by atoms with Gasteiger partial charge < -0.3 is 4.42 Å². The summed E-state index contributed by atoms with van der Waals surface area (Å²) in [6.07, 6.45) is 0. The fraction of sp³-hybridized carbons (Fsp3) is 0.0303. The number of furan rings is 1. The Kier molecular flexibility index (Phi) is 4.56. The van der Waals surface area contributed by atoms with Gasteiger partial charge in [-0.25, -0.2) is 8.78 Å². The molecule has 0 radical (unpaired) electrons. The van der Waals surface area contributed by atoms with Crippen LogP contribution in [0.15, 0.2) is 101 Å². The molecule has 5 aromatic carbocycles. The minimum atomic E-state index is -0.877. The number of nitrogens with zero attached hydrogens (tertiary/aromatic N) is 2. The fourth-order valence-electron chi connectivity index (χ4n) is 5.84. The lowest BCUT2D eigenvalue weighted by atomic mass is 10.00. The van der Waals surface area contributed by atoms with E-state index in [4.69, 9.17) is 16.0 Å². The summed E-state index contributed by atoms with van der Waals surface area (Å²) in [7, 11) is 0. The molecule has 0 N–H and O–H groups in total. The van der Waals surface area contributed by atoms with E-state index < -0.39 is 11.6 Å². The van der Waals surface area contributed by atoms with Crippen LogP contribution in [0.1, 0.15) is 5.56 Å². The van der Waals surface area contributed by atoms with Crippen molar-refractivity contribution in [3.05, 3.63) is 119 Å². The quantitative estimate of drug-likeness (QED) is 0.217. The number of aromatic nitrogens is 2. The molecule has 0 fully saturated rings. The summed E-state index contributed by atoms with van der Waals surface area (Å²) in [6.45, 7) is 2.04. The van der Waals surface area contributed by atoms with Gasteiger partial charge in [-0.2, -0.15) is 0 Å². The highest BCUT2D eigenvalue weighted by atomic mass is 35.5. The second kappa shape index (κ2) is 7.95. The average molecular weight is 533 g/mol. The molecule has 0 aliphatic heterocycles. The number of hydrogen-bond donors (Lipinski definition) is 0. The van der Waals surface area contributed by atoms with Crippen LogP contribution in [-0.2, 0) is 0 Å². The number of hydrogen-bond acceptors (Lipinski definition) is 1. The van der Waals surface area contributed by atoms with E-state index >= 15 is 0 Å². The molecule has 0 aliphatic rings. The summed E-state index contributed by atoms with van der Waals surface area (Å²) in [6, 6.07) is 30.5. The topological polar surface area (TPSA) is 22.5 Å². The van der Waals surface area contributed by atoms with Gasteiger partial charge in [0.15, 0.2) is 11.6 Å². The van der Waals surface area contributed by atoms with Gasteiger partial charge in [0.1, 0.15) is 16.8 Å². The summed E-state index contributed by atoms with van der Waals surface area (Å²) in [5, 5.41) is 3.28. The Morgan fingerprint density at radius 3 is 2.31 bits per heavy atom. The Bertz CT molecular complexity index is 2290. The molecule has 0 aliphatic carbocycles. The zero-order valence-electron chi connectivity index (χ0n) is 20.7. The average Bonchev–Trinajstić information content (AvgIpc) is 3.58. The Balaban J connectivity index is 1.43. The van der Waals surface area contributed by atoms with Crippen molar-refractivity contribution in [2.75, 3.05) is 0 Å². The lowest BCUT2D eigenvalue weighted by molar-refractivity contribution is 0.511. The van der Waals surface area contributed by atoms with Gasteiger partial charge >= 0.3 is 0 Å². The van der Waals surface area contributed by atoms with Crippen LogP contribution in [0.5, 0.6) is 0 Å². The van der Waals surface area contributed by atoms with Crippen molar-refractivity contribution in [1.82, 2.24) is 8.97 Å². The molecule has 0 saturated heterocycles. The number of fused-ring (bicyclic) bond motifs is 8. The van der Waals surface area contributed by atoms with E-state index in [-0.39, 0.29) is 0 Å². The van der Waals surface area contributed by atoms with Crippen LogP contribution in [0, 0.1) is 18.6 Å². The molecule has 3 nitrogen and oxygen atoms in total. The van der Waals surface area contributed by atoms with Crippen molar-refractivity contribution in [1.29, 1.82) is 0 Å². The molecule has 0 spiro atoms. The van der Waals surface area contributed by atoms with Crippen molar-refractivity contribution >= 4 is 61.1 Å². The lowest BCUT2D eigenvalue weighted by Gasteiger charge is -2.14.